The number of hydrogen-bond donors (Lipinski definition) is 1. The SMILES string of the molecule is C.CCl.COC(=O)Oc1ccc([N+](=O)[O-])cc1.Cn1cc(-c2c(-c3cccc(CN)c3)c3c(ncc4c3n(C3CCC3)c(=O)n4C)n2S(=O)c2ccccc2)c(OF)n1. The number of aromatic nitrogens is 6. The minimum atomic E-state index is -1.82. The van der Waals surface area contributed by atoms with Gasteiger partial charge < -0.3 is 15.2 Å². The molecule has 1 fully saturated rings. The van der Waals surface area contributed by atoms with E-state index < -0.39 is 22.1 Å². The molecule has 1 saturated carbocycles. The number of fused-ring (bicyclic) bond motifs is 3. The first-order chi connectivity index (χ1) is 28.1. The molecule has 59 heavy (non-hydrogen) atoms. The zero-order valence-electron chi connectivity index (χ0n) is 31.7. The molecule has 19 heteroatoms. The first kappa shape index (κ1) is 43.7. The minimum absolute atomic E-state index is 0. The zero-order valence-corrected chi connectivity index (χ0v) is 33.3. The van der Waals surface area contributed by atoms with Crippen molar-refractivity contribution in [3.63, 3.8) is 0 Å². The summed E-state index contributed by atoms with van der Waals surface area (Å²) >= 11 is 4.64. The van der Waals surface area contributed by atoms with Crippen molar-refractivity contribution in [2.24, 2.45) is 19.8 Å². The number of carbonyl (C=O) groups is 1. The van der Waals surface area contributed by atoms with Gasteiger partial charge in [-0.15, -0.1) is 16.7 Å². The van der Waals surface area contributed by atoms with Crippen LogP contribution in [0.2, 0.25) is 0 Å². The molecule has 0 spiro atoms. The van der Waals surface area contributed by atoms with E-state index in [-0.39, 0.29) is 42.0 Å². The predicted molar refractivity (Wildman–Crippen MR) is 224 cm³/mol. The van der Waals surface area contributed by atoms with E-state index in [0.29, 0.717) is 44.8 Å². The average molecular weight is 849 g/mol. The summed E-state index contributed by atoms with van der Waals surface area (Å²) in [5.41, 5.74) is 10.5. The average Bonchev–Trinajstić information content (AvgIpc) is 3.86. The van der Waals surface area contributed by atoms with Crippen molar-refractivity contribution >= 4 is 56.5 Å². The number of pyridine rings is 1. The number of nitrogens with zero attached hydrogens (tertiary/aromatic N) is 7. The van der Waals surface area contributed by atoms with Crippen molar-refractivity contribution in [3.8, 4) is 34.0 Å². The number of hydrogen-bond acceptors (Lipinski definition) is 11. The van der Waals surface area contributed by atoms with Gasteiger partial charge in [0.1, 0.15) is 5.75 Å². The minimum Gasteiger partial charge on any atom is -0.437 e. The first-order valence-corrected chi connectivity index (χ1v) is 19.5. The monoisotopic (exact) mass is 848 g/mol. The molecule has 1 aliphatic rings. The Hall–Kier alpha value is -6.37. The highest BCUT2D eigenvalue weighted by Gasteiger charge is 2.33. The van der Waals surface area contributed by atoms with Crippen LogP contribution in [0.25, 0.3) is 44.5 Å². The van der Waals surface area contributed by atoms with E-state index in [0.717, 1.165) is 30.4 Å². The number of carbonyl (C=O) groups excluding carboxylic acids is 1. The van der Waals surface area contributed by atoms with Crippen LogP contribution in [-0.2, 0) is 36.4 Å². The molecule has 1 atom stereocenters. The molecule has 0 aliphatic heterocycles. The molecule has 2 N–H and O–H groups in total. The van der Waals surface area contributed by atoms with Crippen molar-refractivity contribution < 1.29 is 32.9 Å². The highest BCUT2D eigenvalue weighted by Crippen LogP contribution is 2.47. The van der Waals surface area contributed by atoms with E-state index in [9.17, 15) is 28.4 Å². The summed E-state index contributed by atoms with van der Waals surface area (Å²) in [6.07, 6.45) is 6.68. The zero-order chi connectivity index (χ0) is 41.7. The van der Waals surface area contributed by atoms with E-state index in [4.69, 9.17) is 10.7 Å². The quantitative estimate of drug-likeness (QED) is 0.0486. The molecular formula is C40H42ClFN8O8S. The van der Waals surface area contributed by atoms with Gasteiger partial charge in [-0.3, -0.25) is 28.9 Å². The standard InChI is InChI=1S/C30H28FN7O3S.C8H7NO5.CH3Cl.CH4/c1-35-17-22(29(34-35)41-31)26-24(19-9-6-8-18(14-19)15-32)25-27-23(36(2)30(39)37(27)20-10-7-11-20)16-33-28(25)38(26)42(40)21-12-4-3-5-13-21;1-13-8(10)14-7-4-2-6(3-5-7)9(11)12;1-2;/h3-6,8-9,12-14,16-17,20H,7,10-11,15,32H2,1-2H3;2-5H,1H3;1H3;1H4. The Bertz CT molecular complexity index is 2690. The fourth-order valence-electron chi connectivity index (χ4n) is 6.67. The summed E-state index contributed by atoms with van der Waals surface area (Å²) in [7, 11) is 2.74. The van der Waals surface area contributed by atoms with Gasteiger partial charge >= 0.3 is 11.8 Å². The summed E-state index contributed by atoms with van der Waals surface area (Å²) in [5, 5.41) is 15.1. The molecule has 1 aliphatic carbocycles. The Kier molecular flexibility index (Phi) is 14.0. The Morgan fingerprint density at radius 3 is 2.36 bits per heavy atom. The predicted octanol–water partition coefficient (Wildman–Crippen LogP) is 8.01. The number of alkyl halides is 1. The Labute approximate surface area is 345 Å². The summed E-state index contributed by atoms with van der Waals surface area (Å²) < 4.78 is 43.9. The Balaban J connectivity index is 0.000000331. The molecule has 8 rings (SSSR count). The van der Waals surface area contributed by atoms with Gasteiger partial charge in [0, 0.05) is 61.5 Å². The molecule has 0 saturated heterocycles. The number of nitrogens with two attached hydrogens (primary N) is 1. The fourth-order valence-corrected chi connectivity index (χ4v) is 7.92. The molecule has 3 aromatic carbocycles. The molecule has 0 bridgehead atoms. The molecule has 0 amide bonds. The van der Waals surface area contributed by atoms with Crippen LogP contribution < -0.4 is 21.1 Å². The second kappa shape index (κ2) is 18.9. The lowest BCUT2D eigenvalue weighted by atomic mass is 9.92. The van der Waals surface area contributed by atoms with Crippen LogP contribution in [0.3, 0.4) is 0 Å². The number of halogens is 2. The first-order valence-electron chi connectivity index (χ1n) is 17.7. The van der Waals surface area contributed by atoms with E-state index in [1.807, 2.05) is 47.0 Å². The largest absolute Gasteiger partial charge is 0.513 e. The second-order valence-corrected chi connectivity index (χ2v) is 14.2. The molecule has 310 valence electrons. The maximum absolute atomic E-state index is 14.5. The number of nitro benzene ring substituents is 1. The van der Waals surface area contributed by atoms with Gasteiger partial charge in [-0.2, -0.15) is 0 Å². The van der Waals surface area contributed by atoms with Crippen LogP contribution in [0.1, 0.15) is 38.3 Å². The third kappa shape index (κ3) is 8.46. The number of rotatable bonds is 9. The highest BCUT2D eigenvalue weighted by atomic mass is 35.5. The van der Waals surface area contributed by atoms with Gasteiger partial charge in [-0.1, -0.05) is 43.8 Å². The number of methoxy groups -OCH3 is 1. The number of aryl methyl sites for hydroxylation is 2. The van der Waals surface area contributed by atoms with Crippen LogP contribution in [0.15, 0.2) is 101 Å². The number of ether oxygens (including phenoxy) is 2. The topological polar surface area (TPSA) is 194 Å². The number of non-ortho nitro benzene ring substituents is 1. The Morgan fingerprint density at radius 2 is 1.76 bits per heavy atom. The van der Waals surface area contributed by atoms with Gasteiger partial charge in [0.05, 0.1) is 50.8 Å². The van der Waals surface area contributed by atoms with E-state index >= 15 is 0 Å². The highest BCUT2D eigenvalue weighted by molar-refractivity contribution is 7.83. The van der Waals surface area contributed by atoms with Crippen molar-refractivity contribution in [2.75, 3.05) is 13.5 Å². The van der Waals surface area contributed by atoms with Crippen molar-refractivity contribution in [2.45, 2.75) is 44.2 Å². The fraction of sp³-hybridized carbons (Fsp3) is 0.250. The Morgan fingerprint density at radius 1 is 1.07 bits per heavy atom. The normalized spacial score (nSPS) is 12.6. The van der Waals surface area contributed by atoms with Crippen LogP contribution >= 0.6 is 11.6 Å². The van der Waals surface area contributed by atoms with Crippen molar-refractivity contribution in [3.05, 3.63) is 117 Å². The van der Waals surface area contributed by atoms with Crippen molar-refractivity contribution in [1.82, 2.24) is 27.9 Å². The third-order valence-corrected chi connectivity index (χ3v) is 10.9. The lowest BCUT2D eigenvalue weighted by molar-refractivity contribution is -0.384. The van der Waals surface area contributed by atoms with Gasteiger partial charge in [0.25, 0.3) is 11.6 Å². The van der Waals surface area contributed by atoms with Gasteiger partial charge in [-0.05, 0) is 60.7 Å². The van der Waals surface area contributed by atoms with E-state index in [2.05, 4.69) is 31.1 Å². The number of imidazole rings is 1. The lowest BCUT2D eigenvalue weighted by Gasteiger charge is -2.26. The smallest absolute Gasteiger partial charge is 0.437 e. The number of nitro groups is 1. The van der Waals surface area contributed by atoms with E-state index in [1.54, 1.807) is 47.2 Å². The maximum Gasteiger partial charge on any atom is 0.513 e. The molecule has 7 aromatic rings. The van der Waals surface area contributed by atoms with Crippen LogP contribution in [0.5, 0.6) is 11.6 Å². The van der Waals surface area contributed by atoms with Crippen LogP contribution in [-0.4, -0.2) is 56.7 Å². The summed E-state index contributed by atoms with van der Waals surface area (Å²) in [6.45, 7) is 0.301. The molecule has 4 aromatic heterocycles. The summed E-state index contributed by atoms with van der Waals surface area (Å²) in [6, 6.07) is 21.8. The summed E-state index contributed by atoms with van der Waals surface area (Å²) in [4.78, 5) is 43.6. The molecule has 16 nitrogen and oxygen atoms in total. The maximum atomic E-state index is 14.5. The third-order valence-electron chi connectivity index (χ3n) is 9.53. The lowest BCUT2D eigenvalue weighted by Crippen LogP contribution is -2.29. The molecule has 0 radical (unpaired) electrons. The van der Waals surface area contributed by atoms with Gasteiger partial charge in [0.15, 0.2) is 16.6 Å². The molecule has 4 heterocycles. The molecule has 1 unspecified atom stereocenters. The summed E-state index contributed by atoms with van der Waals surface area (Å²) in [5.74, 6) is -0.0778. The molecular weight excluding hydrogens is 807 g/mol. The number of benzene rings is 3. The van der Waals surface area contributed by atoms with Crippen molar-refractivity contribution in [1.29, 1.82) is 0 Å². The van der Waals surface area contributed by atoms with E-state index in [1.165, 1.54) is 42.4 Å². The van der Waals surface area contributed by atoms with Gasteiger partial charge in [0.2, 0.25) is 0 Å². The van der Waals surface area contributed by atoms with Gasteiger partial charge in [-0.25, -0.2) is 22.8 Å². The van der Waals surface area contributed by atoms with Crippen LogP contribution in [0.4, 0.5) is 15.0 Å². The second-order valence-electron chi connectivity index (χ2n) is 12.9. The van der Waals surface area contributed by atoms with Crippen LogP contribution in [0, 0.1) is 10.1 Å².